The molecule has 0 unspecified atom stereocenters. The Bertz CT molecular complexity index is 1180. The second-order valence-corrected chi connectivity index (χ2v) is 15.7. The summed E-state index contributed by atoms with van der Waals surface area (Å²) in [4.78, 5) is 12.7. The summed E-state index contributed by atoms with van der Waals surface area (Å²) in [5.74, 6) is 2.39. The highest BCUT2D eigenvalue weighted by Crippen LogP contribution is 2.39. The molecule has 1 heterocycles. The van der Waals surface area contributed by atoms with Crippen LogP contribution in [-0.4, -0.2) is 45.0 Å². The van der Waals surface area contributed by atoms with Crippen molar-refractivity contribution in [3.8, 4) is 0 Å². The number of benzene rings is 3. The molecule has 0 bridgehead atoms. The van der Waals surface area contributed by atoms with E-state index < -0.39 is 26.4 Å². The largest absolute Gasteiger partial charge is 0.374 e. The summed E-state index contributed by atoms with van der Waals surface area (Å²) in [6, 6.07) is 33.2. The van der Waals surface area contributed by atoms with Crippen LogP contribution in [0, 0.1) is 0 Å². The zero-order valence-corrected chi connectivity index (χ0v) is 25.0. The molecule has 0 amide bonds. The lowest BCUT2D eigenvalue weighted by Crippen LogP contribution is -2.46. The molecule has 3 aromatic rings. The third-order valence-electron chi connectivity index (χ3n) is 8.27. The average Bonchev–Trinajstić information content (AvgIpc) is 3.35. The summed E-state index contributed by atoms with van der Waals surface area (Å²) in [5, 5.41) is 0.775. The molecule has 212 valence electrons. The summed E-state index contributed by atoms with van der Waals surface area (Å²) in [6.07, 6.45) is -1.77. The molecule has 4 rings (SSSR count). The van der Waals surface area contributed by atoms with Crippen molar-refractivity contribution in [1.82, 2.24) is 0 Å². The van der Waals surface area contributed by atoms with Gasteiger partial charge in [-0.05, 0) is 16.7 Å². The zero-order chi connectivity index (χ0) is 28.2. The molecular weight excluding hydrogens is 516 g/mol. The molecular formula is C34H42O5Si. The molecule has 1 aliphatic heterocycles. The molecule has 0 aliphatic carbocycles. The highest BCUT2D eigenvalue weighted by molar-refractivity contribution is 6.87. The van der Waals surface area contributed by atoms with Crippen LogP contribution in [0.25, 0.3) is 0 Å². The van der Waals surface area contributed by atoms with Crippen LogP contribution in [0.5, 0.6) is 0 Å². The van der Waals surface area contributed by atoms with E-state index in [-0.39, 0.29) is 6.10 Å². The predicted octanol–water partition coefficient (Wildman–Crippen LogP) is 6.95. The Hall–Kier alpha value is -2.83. The summed E-state index contributed by atoms with van der Waals surface area (Å²) in [7, 11) is -2.10. The van der Waals surface area contributed by atoms with E-state index in [0.29, 0.717) is 26.4 Å². The lowest BCUT2D eigenvalue weighted by Gasteiger charge is -2.34. The van der Waals surface area contributed by atoms with Gasteiger partial charge in [0.05, 0.1) is 34.5 Å². The van der Waals surface area contributed by atoms with Crippen molar-refractivity contribution in [2.24, 2.45) is 0 Å². The zero-order valence-electron chi connectivity index (χ0n) is 24.0. The van der Waals surface area contributed by atoms with Gasteiger partial charge in [-0.2, -0.15) is 0 Å². The van der Waals surface area contributed by atoms with Gasteiger partial charge in [0.25, 0.3) is 0 Å². The molecule has 5 nitrogen and oxygen atoms in total. The molecule has 1 aliphatic rings. The topological polar surface area (TPSA) is 54.0 Å². The number of carbonyl (C=O) groups excluding carboxylic acids is 1. The van der Waals surface area contributed by atoms with Gasteiger partial charge in [-0.1, -0.05) is 130 Å². The van der Waals surface area contributed by atoms with Gasteiger partial charge in [0.1, 0.15) is 30.4 Å². The second-order valence-electron chi connectivity index (χ2n) is 10.5. The Labute approximate surface area is 240 Å². The van der Waals surface area contributed by atoms with E-state index in [1.165, 1.54) is 0 Å². The minimum atomic E-state index is -2.10. The number of hydrogen-bond donors (Lipinski definition) is 0. The lowest BCUT2D eigenvalue weighted by molar-refractivity contribution is -0.0896. The van der Waals surface area contributed by atoms with Crippen LogP contribution in [0.15, 0.2) is 96.2 Å². The Morgan fingerprint density at radius 3 is 1.60 bits per heavy atom. The first-order valence-electron chi connectivity index (χ1n) is 14.5. The van der Waals surface area contributed by atoms with E-state index in [1.54, 1.807) is 0 Å². The quantitative estimate of drug-likeness (QED) is 0.149. The first-order chi connectivity index (χ1) is 19.6. The molecule has 0 radical (unpaired) electrons. The average molecular weight is 559 g/mol. The fraction of sp³-hybridized carbons (Fsp3) is 0.412. The van der Waals surface area contributed by atoms with Gasteiger partial charge in [0.15, 0.2) is 0 Å². The van der Waals surface area contributed by atoms with Crippen LogP contribution < -0.4 is 0 Å². The summed E-state index contributed by atoms with van der Waals surface area (Å²) >= 11 is 0. The van der Waals surface area contributed by atoms with E-state index in [4.69, 9.17) is 18.9 Å². The van der Waals surface area contributed by atoms with Gasteiger partial charge < -0.3 is 18.9 Å². The van der Waals surface area contributed by atoms with Crippen LogP contribution in [0.1, 0.15) is 37.5 Å². The molecule has 6 heteroatoms. The second kappa shape index (κ2) is 15.2. The third kappa shape index (κ3) is 7.46. The van der Waals surface area contributed by atoms with Crippen molar-refractivity contribution >= 4 is 14.0 Å². The summed E-state index contributed by atoms with van der Waals surface area (Å²) in [6.45, 7) is 8.19. The highest BCUT2D eigenvalue weighted by atomic mass is 28.3. The van der Waals surface area contributed by atoms with Crippen LogP contribution in [0.2, 0.25) is 18.1 Å². The lowest BCUT2D eigenvalue weighted by atomic mass is 10.1. The van der Waals surface area contributed by atoms with Crippen LogP contribution in [0.4, 0.5) is 0 Å². The Morgan fingerprint density at radius 2 is 1.15 bits per heavy atom. The van der Waals surface area contributed by atoms with Crippen LogP contribution in [-0.2, 0) is 43.6 Å². The fourth-order valence-corrected chi connectivity index (χ4v) is 9.36. The molecule has 1 saturated heterocycles. The number of ether oxygens (including phenoxy) is 4. The molecule has 1 fully saturated rings. The monoisotopic (exact) mass is 558 g/mol. The Morgan fingerprint density at radius 1 is 0.700 bits per heavy atom. The SMILES string of the molecule is CC[Si](CC)(CC)C(=C=O)[C@@H]1O[C@H](COCc2ccccc2)[C@@H](OCc2ccccc2)[C@H]1OCc1ccccc1. The Kier molecular flexibility index (Phi) is 11.5. The van der Waals surface area contributed by atoms with E-state index in [9.17, 15) is 4.79 Å². The minimum absolute atomic E-state index is 0.334. The van der Waals surface area contributed by atoms with E-state index in [1.807, 2.05) is 91.0 Å². The summed E-state index contributed by atoms with van der Waals surface area (Å²) < 4.78 is 26.1. The van der Waals surface area contributed by atoms with Crippen molar-refractivity contribution in [2.75, 3.05) is 6.61 Å². The molecule has 0 spiro atoms. The van der Waals surface area contributed by atoms with Crippen molar-refractivity contribution in [2.45, 2.75) is 83.1 Å². The molecule has 3 aromatic carbocycles. The molecule has 0 saturated carbocycles. The smallest absolute Gasteiger partial charge is 0.121 e. The maximum atomic E-state index is 12.7. The van der Waals surface area contributed by atoms with Gasteiger partial charge in [-0.15, -0.1) is 0 Å². The van der Waals surface area contributed by atoms with Gasteiger partial charge in [0.2, 0.25) is 0 Å². The normalized spacial score (nSPS) is 20.8. The first-order valence-corrected chi connectivity index (χ1v) is 17.1. The summed E-state index contributed by atoms with van der Waals surface area (Å²) in [5.41, 5.74) is 3.23. The predicted molar refractivity (Wildman–Crippen MR) is 161 cm³/mol. The van der Waals surface area contributed by atoms with Gasteiger partial charge >= 0.3 is 0 Å². The number of hydrogen-bond acceptors (Lipinski definition) is 5. The van der Waals surface area contributed by atoms with E-state index >= 15 is 0 Å². The van der Waals surface area contributed by atoms with Crippen molar-refractivity contribution in [3.63, 3.8) is 0 Å². The van der Waals surface area contributed by atoms with E-state index in [0.717, 1.165) is 40.0 Å². The highest BCUT2D eigenvalue weighted by Gasteiger charge is 2.52. The Balaban J connectivity index is 1.63. The van der Waals surface area contributed by atoms with Gasteiger partial charge in [0, 0.05) is 5.20 Å². The van der Waals surface area contributed by atoms with Crippen molar-refractivity contribution < 1.29 is 23.7 Å². The maximum Gasteiger partial charge on any atom is 0.121 e. The van der Waals surface area contributed by atoms with Crippen LogP contribution in [0.3, 0.4) is 0 Å². The van der Waals surface area contributed by atoms with Crippen LogP contribution >= 0.6 is 0 Å². The fourth-order valence-electron chi connectivity index (χ4n) is 5.67. The first kappa shape index (κ1) is 30.1. The number of rotatable bonds is 15. The molecule has 40 heavy (non-hydrogen) atoms. The van der Waals surface area contributed by atoms with Crippen molar-refractivity contribution in [1.29, 1.82) is 0 Å². The standard InChI is InChI=1S/C34H42O5Si/c1-4-40(5-2,6-3)31(22-35)33-34(38-25-29-20-14-9-15-21-29)32(37-24-28-18-12-8-13-19-28)30(39-33)26-36-23-27-16-10-7-11-17-27/h7-21,30,32-34H,4-6,23-26H2,1-3H3/t30-,32-,33+,34-/m1/s1. The third-order valence-corrected chi connectivity index (χ3v) is 13.9. The molecule has 0 N–H and O–H groups in total. The van der Waals surface area contributed by atoms with E-state index in [2.05, 4.69) is 26.7 Å². The maximum absolute atomic E-state index is 12.7. The molecule has 0 aromatic heterocycles. The van der Waals surface area contributed by atoms with Gasteiger partial charge in [-0.25, -0.2) is 4.79 Å². The van der Waals surface area contributed by atoms with Crippen molar-refractivity contribution in [3.05, 3.63) is 113 Å². The molecule has 4 atom stereocenters. The minimum Gasteiger partial charge on any atom is -0.374 e. The van der Waals surface area contributed by atoms with Gasteiger partial charge in [-0.3, -0.25) is 0 Å².